The van der Waals surface area contributed by atoms with Crippen LogP contribution in [-0.4, -0.2) is 36.8 Å². The number of hydrogen-bond donors (Lipinski definition) is 2. The summed E-state index contributed by atoms with van der Waals surface area (Å²) in [6.45, 7) is 0. The molecule has 0 bridgehead atoms. The van der Waals surface area contributed by atoms with Crippen LogP contribution in [0.1, 0.15) is 26.3 Å². The molecule has 0 radical (unpaired) electrons. The highest BCUT2D eigenvalue weighted by Crippen LogP contribution is 2.20. The lowest BCUT2D eigenvalue weighted by Crippen LogP contribution is -2.04. The Morgan fingerprint density at radius 1 is 1.11 bits per heavy atom. The number of hydrogen-bond acceptors (Lipinski definition) is 5. The van der Waals surface area contributed by atoms with Gasteiger partial charge in [0.1, 0.15) is 0 Å². The number of carboxylic acid groups (broad SMARTS) is 2. The van der Waals surface area contributed by atoms with Crippen LogP contribution in [0.15, 0.2) is 18.2 Å². The van der Waals surface area contributed by atoms with Gasteiger partial charge >= 0.3 is 11.9 Å². The first-order chi connectivity index (χ1) is 8.19. The summed E-state index contributed by atoms with van der Waals surface area (Å²) in [6.07, 6.45) is 1.02. The van der Waals surface area contributed by atoms with Gasteiger partial charge in [0, 0.05) is 12.0 Å². The van der Waals surface area contributed by atoms with E-state index >= 15 is 0 Å². The maximum absolute atomic E-state index is 11.0. The van der Waals surface area contributed by atoms with Gasteiger partial charge in [0.05, 0.1) is 11.1 Å². The molecule has 0 aliphatic heterocycles. The van der Waals surface area contributed by atoms with Crippen molar-refractivity contribution in [2.75, 3.05) is 6.26 Å². The number of carbonyl (C=O) groups is 2. The van der Waals surface area contributed by atoms with Crippen LogP contribution in [0.4, 0.5) is 0 Å². The highest BCUT2D eigenvalue weighted by atomic mass is 33.1. The highest BCUT2D eigenvalue weighted by Gasteiger charge is 2.12. The topological polar surface area (TPSA) is 109 Å². The largest absolute Gasteiger partial charge is 0.478 e. The molecule has 18 heavy (non-hydrogen) atoms. The Morgan fingerprint density at radius 2 is 1.56 bits per heavy atom. The van der Waals surface area contributed by atoms with Crippen LogP contribution in [0, 0.1) is 0 Å². The zero-order chi connectivity index (χ0) is 13.9. The summed E-state index contributed by atoms with van der Waals surface area (Å²) in [4.78, 5) is 21.6. The first-order valence-corrected chi connectivity index (χ1v) is 8.03. The molecule has 0 fully saturated rings. The van der Waals surface area contributed by atoms with Crippen LogP contribution >= 0.6 is 10.8 Å². The van der Waals surface area contributed by atoms with Gasteiger partial charge in [0.25, 0.3) is 0 Å². The van der Waals surface area contributed by atoms with E-state index in [1.54, 1.807) is 0 Å². The fourth-order valence-electron chi connectivity index (χ4n) is 1.20. The molecule has 0 atom stereocenters. The van der Waals surface area contributed by atoms with Gasteiger partial charge in [-0.25, -0.2) is 18.0 Å². The second-order valence-electron chi connectivity index (χ2n) is 3.50. The third-order valence-electron chi connectivity index (χ3n) is 1.93. The number of carboxylic acids is 2. The zero-order valence-electron chi connectivity index (χ0n) is 9.28. The molecule has 0 spiro atoms. The molecule has 8 heteroatoms. The Kier molecular flexibility index (Phi) is 4.36. The molecule has 0 heterocycles. The van der Waals surface area contributed by atoms with Crippen molar-refractivity contribution in [2.45, 2.75) is 5.75 Å². The van der Waals surface area contributed by atoms with E-state index in [2.05, 4.69) is 0 Å². The van der Waals surface area contributed by atoms with Crippen molar-refractivity contribution in [3.63, 3.8) is 0 Å². The van der Waals surface area contributed by atoms with Crippen molar-refractivity contribution in [2.24, 2.45) is 0 Å². The molecular weight excluding hydrogens is 280 g/mol. The lowest BCUT2D eigenvalue weighted by molar-refractivity contribution is 0.0696. The van der Waals surface area contributed by atoms with Gasteiger partial charge in [-0.15, -0.1) is 0 Å². The van der Waals surface area contributed by atoms with Gasteiger partial charge in [-0.1, -0.05) is 0 Å². The molecule has 1 aromatic carbocycles. The van der Waals surface area contributed by atoms with Crippen LogP contribution in [0.5, 0.6) is 0 Å². The fraction of sp³-hybridized carbons (Fsp3) is 0.200. The second kappa shape index (κ2) is 5.40. The van der Waals surface area contributed by atoms with Crippen molar-refractivity contribution in [1.29, 1.82) is 0 Å². The molecule has 0 saturated heterocycles. The summed E-state index contributed by atoms with van der Waals surface area (Å²) < 4.78 is 21.9. The lowest BCUT2D eigenvalue weighted by atomic mass is 10.1. The summed E-state index contributed by atoms with van der Waals surface area (Å²) >= 11 is 0. The average Bonchev–Trinajstić information content (AvgIpc) is 2.25. The predicted molar refractivity (Wildman–Crippen MR) is 66.5 cm³/mol. The summed E-state index contributed by atoms with van der Waals surface area (Å²) in [5.74, 6) is -2.52. The molecule has 1 rings (SSSR count). The summed E-state index contributed by atoms with van der Waals surface area (Å²) in [5, 5.41) is 17.7. The summed E-state index contributed by atoms with van der Waals surface area (Å²) in [5.41, 5.74) is -0.0271. The van der Waals surface area contributed by atoms with Crippen LogP contribution in [0.3, 0.4) is 0 Å². The quantitative estimate of drug-likeness (QED) is 0.786. The number of aromatic carboxylic acids is 2. The maximum atomic E-state index is 11.0. The van der Waals surface area contributed by atoms with Gasteiger partial charge in [-0.3, -0.25) is 0 Å². The van der Waals surface area contributed by atoms with Gasteiger partial charge < -0.3 is 10.2 Å². The summed E-state index contributed by atoms with van der Waals surface area (Å²) in [7, 11) is -2.65. The molecule has 98 valence electrons. The van der Waals surface area contributed by atoms with Crippen molar-refractivity contribution in [3.05, 3.63) is 34.9 Å². The monoisotopic (exact) mass is 290 g/mol. The Labute approximate surface area is 107 Å². The predicted octanol–water partition coefficient (Wildman–Crippen LogP) is 1.28. The molecule has 1 aromatic rings. The minimum atomic E-state index is -3.27. The van der Waals surface area contributed by atoms with E-state index in [1.165, 1.54) is 12.1 Å². The van der Waals surface area contributed by atoms with Crippen LogP contribution in [0.25, 0.3) is 0 Å². The van der Waals surface area contributed by atoms with Gasteiger partial charge in [-0.2, -0.15) is 0 Å². The standard InChI is InChI=1S/C10H10O6S2/c1-18(15,16)17-5-6-2-7(9(11)12)4-8(3-6)10(13)14/h2-4H,5H2,1H3,(H,11,12)(H,13,14). The van der Waals surface area contributed by atoms with E-state index in [0.717, 1.165) is 12.3 Å². The van der Waals surface area contributed by atoms with Gasteiger partial charge in [-0.05, 0) is 34.6 Å². The lowest BCUT2D eigenvalue weighted by Gasteiger charge is -2.04. The molecule has 0 aliphatic carbocycles. The maximum Gasteiger partial charge on any atom is 0.335 e. The SMILES string of the molecule is CS(=O)(=O)SCc1cc(C(=O)O)cc(C(=O)O)c1. The van der Waals surface area contributed by atoms with Crippen LogP contribution < -0.4 is 0 Å². The Hall–Kier alpha value is -1.54. The fourth-order valence-corrected chi connectivity index (χ4v) is 2.76. The van der Waals surface area contributed by atoms with Crippen LogP contribution in [-0.2, 0) is 14.6 Å². The van der Waals surface area contributed by atoms with Crippen LogP contribution in [0.2, 0.25) is 0 Å². The smallest absolute Gasteiger partial charge is 0.335 e. The molecule has 0 unspecified atom stereocenters. The Balaban J connectivity index is 3.11. The molecular formula is C10H10O6S2. The molecule has 0 aromatic heterocycles. The van der Waals surface area contributed by atoms with E-state index in [1.807, 2.05) is 0 Å². The molecule has 6 nitrogen and oxygen atoms in total. The molecule has 0 amide bonds. The highest BCUT2D eigenvalue weighted by molar-refractivity contribution is 8.71. The van der Waals surface area contributed by atoms with Gasteiger partial charge in [0.2, 0.25) is 0 Å². The van der Waals surface area contributed by atoms with Gasteiger partial charge in [0.15, 0.2) is 8.87 Å². The number of rotatable bonds is 5. The number of benzene rings is 1. The van der Waals surface area contributed by atoms with Crippen molar-refractivity contribution >= 4 is 31.6 Å². The first kappa shape index (κ1) is 14.5. The average molecular weight is 290 g/mol. The van der Waals surface area contributed by atoms with E-state index in [9.17, 15) is 18.0 Å². The molecule has 0 aliphatic rings. The second-order valence-corrected chi connectivity index (χ2v) is 7.95. The van der Waals surface area contributed by atoms with E-state index in [0.29, 0.717) is 16.4 Å². The normalized spacial score (nSPS) is 11.2. The molecule has 2 N–H and O–H groups in total. The minimum absolute atomic E-state index is 0.000231. The Morgan fingerprint density at radius 3 is 1.89 bits per heavy atom. The third-order valence-corrected chi connectivity index (χ3v) is 4.44. The van der Waals surface area contributed by atoms with E-state index in [-0.39, 0.29) is 16.9 Å². The zero-order valence-corrected chi connectivity index (χ0v) is 10.9. The molecule has 0 saturated carbocycles. The third kappa shape index (κ3) is 4.38. The van der Waals surface area contributed by atoms with Crippen molar-refractivity contribution in [3.8, 4) is 0 Å². The summed E-state index contributed by atoms with van der Waals surface area (Å²) in [6, 6.07) is 3.54. The van der Waals surface area contributed by atoms with E-state index in [4.69, 9.17) is 10.2 Å². The Bertz CT molecular complexity index is 558. The first-order valence-electron chi connectivity index (χ1n) is 4.64. The van der Waals surface area contributed by atoms with Crippen molar-refractivity contribution < 1.29 is 28.2 Å². The minimum Gasteiger partial charge on any atom is -0.478 e. The van der Waals surface area contributed by atoms with E-state index < -0.39 is 20.8 Å². The van der Waals surface area contributed by atoms with Crippen molar-refractivity contribution in [1.82, 2.24) is 0 Å².